The van der Waals surface area contributed by atoms with Crippen LogP contribution < -0.4 is 0 Å². The van der Waals surface area contributed by atoms with Crippen LogP contribution in [-0.4, -0.2) is 5.78 Å². The number of hydrogen-bond donors (Lipinski definition) is 0. The van der Waals surface area contributed by atoms with Crippen molar-refractivity contribution in [2.45, 2.75) is 12.8 Å². The number of ketones is 1. The van der Waals surface area contributed by atoms with Crippen LogP contribution >= 0.6 is 0 Å². The summed E-state index contributed by atoms with van der Waals surface area (Å²) in [5.41, 5.74) is 2.67. The van der Waals surface area contributed by atoms with Gasteiger partial charge in [0.05, 0.1) is 0 Å². The van der Waals surface area contributed by atoms with Gasteiger partial charge in [0.1, 0.15) is 0 Å². The zero-order chi connectivity index (χ0) is 9.97. The van der Waals surface area contributed by atoms with E-state index in [1.165, 1.54) is 0 Å². The van der Waals surface area contributed by atoms with Crippen LogP contribution in [0, 0.1) is 23.2 Å². The van der Waals surface area contributed by atoms with Crippen molar-refractivity contribution >= 4 is 5.78 Å². The van der Waals surface area contributed by atoms with Crippen molar-refractivity contribution in [1.29, 1.82) is 5.26 Å². The molecule has 0 radical (unpaired) electrons. The molecule has 0 N–H and O–H groups in total. The number of nitrogens with zero attached hydrogens (tertiary/aromatic N) is 1. The highest BCUT2D eigenvalue weighted by Gasteiger charge is 2.18. The summed E-state index contributed by atoms with van der Waals surface area (Å²) in [6, 6.07) is 7.24. The van der Waals surface area contributed by atoms with Crippen molar-refractivity contribution in [2.75, 3.05) is 0 Å². The number of rotatable bonds is 0. The van der Waals surface area contributed by atoms with E-state index in [2.05, 4.69) is 11.8 Å². The van der Waals surface area contributed by atoms with E-state index in [1.54, 1.807) is 18.2 Å². The number of carbonyl (C=O) groups is 1. The van der Waals surface area contributed by atoms with Gasteiger partial charge in [-0.15, -0.1) is 0 Å². The van der Waals surface area contributed by atoms with Crippen molar-refractivity contribution in [3.8, 4) is 17.9 Å². The van der Waals surface area contributed by atoms with Crippen LogP contribution in [-0.2, 0) is 6.42 Å². The number of Topliss-reactive ketones (excluding diaryl/α,β-unsaturated/α-hetero) is 1. The largest absolute Gasteiger partial charge is 0.294 e. The predicted octanol–water partition coefficient (Wildman–Crippen LogP) is 1.69. The number of nitriles is 1. The van der Waals surface area contributed by atoms with Crippen LogP contribution in [0.4, 0.5) is 0 Å². The fraction of sp³-hybridized carbons (Fsp3) is 0.167. The molecule has 0 heterocycles. The van der Waals surface area contributed by atoms with Gasteiger partial charge >= 0.3 is 0 Å². The van der Waals surface area contributed by atoms with Gasteiger partial charge in [0, 0.05) is 23.5 Å². The Labute approximate surface area is 82.2 Å². The minimum Gasteiger partial charge on any atom is -0.294 e. The second-order valence-electron chi connectivity index (χ2n) is 3.16. The van der Waals surface area contributed by atoms with Crippen molar-refractivity contribution in [3.63, 3.8) is 0 Å². The van der Waals surface area contributed by atoms with E-state index in [4.69, 9.17) is 5.26 Å². The minimum atomic E-state index is 0.208. The first-order valence-electron chi connectivity index (χ1n) is 4.37. The molecule has 0 saturated carbocycles. The van der Waals surface area contributed by atoms with Gasteiger partial charge in [-0.05, 0) is 30.2 Å². The topological polar surface area (TPSA) is 40.9 Å². The van der Waals surface area contributed by atoms with Crippen LogP contribution in [0.3, 0.4) is 0 Å². The Bertz CT molecular complexity index is 497. The standard InChI is InChI=1S/C12H7NO/c13-7-1-2-9-3-5-11-10(8-9)4-6-12(11)14/h3,5,8H,4,6H2. The number of fused-ring (bicyclic) bond motifs is 1. The molecule has 2 nitrogen and oxygen atoms in total. The Morgan fingerprint density at radius 3 is 2.93 bits per heavy atom. The maximum Gasteiger partial charge on any atom is 0.163 e. The Balaban J connectivity index is 2.43. The van der Waals surface area contributed by atoms with Crippen LogP contribution in [0.2, 0.25) is 0 Å². The zero-order valence-corrected chi connectivity index (χ0v) is 7.50. The van der Waals surface area contributed by atoms with Crippen LogP contribution in [0.25, 0.3) is 0 Å². The fourth-order valence-corrected chi connectivity index (χ4v) is 1.63. The smallest absolute Gasteiger partial charge is 0.163 e. The number of benzene rings is 1. The number of aryl methyl sites for hydroxylation is 1. The molecule has 0 saturated heterocycles. The van der Waals surface area contributed by atoms with Gasteiger partial charge in [-0.1, -0.05) is 5.92 Å². The molecule has 1 aromatic rings. The summed E-state index contributed by atoms with van der Waals surface area (Å²) in [6.07, 6.45) is 1.40. The maximum atomic E-state index is 11.3. The van der Waals surface area contributed by atoms with E-state index in [-0.39, 0.29) is 5.78 Å². The monoisotopic (exact) mass is 181 g/mol. The van der Waals surface area contributed by atoms with Crippen LogP contribution in [0.5, 0.6) is 0 Å². The molecule has 2 rings (SSSR count). The molecule has 0 fully saturated rings. The predicted molar refractivity (Wildman–Crippen MR) is 51.6 cm³/mol. The number of carbonyl (C=O) groups excluding carboxylic acids is 1. The van der Waals surface area contributed by atoms with E-state index >= 15 is 0 Å². The Hall–Kier alpha value is -2.06. The molecule has 0 bridgehead atoms. The summed E-state index contributed by atoms with van der Waals surface area (Å²) in [6.45, 7) is 0. The second kappa shape index (κ2) is 3.36. The molecule has 0 aliphatic heterocycles. The van der Waals surface area contributed by atoms with Crippen molar-refractivity contribution in [2.24, 2.45) is 0 Å². The third-order valence-corrected chi connectivity index (χ3v) is 2.29. The van der Waals surface area contributed by atoms with E-state index in [0.717, 1.165) is 23.1 Å². The highest BCUT2D eigenvalue weighted by molar-refractivity contribution is 6.00. The van der Waals surface area contributed by atoms with E-state index in [9.17, 15) is 4.79 Å². The molecule has 2 heteroatoms. The summed E-state index contributed by atoms with van der Waals surface area (Å²) in [5, 5.41) is 8.29. The average molecular weight is 181 g/mol. The molecular formula is C12H7NO. The van der Waals surface area contributed by atoms with Gasteiger partial charge in [0.2, 0.25) is 0 Å². The lowest BCUT2D eigenvalue weighted by Gasteiger charge is -1.96. The SMILES string of the molecule is N#CC#Cc1ccc2c(c1)CCC2=O. The van der Waals surface area contributed by atoms with Gasteiger partial charge in [0.25, 0.3) is 0 Å². The maximum absolute atomic E-state index is 11.3. The third kappa shape index (κ3) is 1.39. The molecule has 0 amide bonds. The van der Waals surface area contributed by atoms with Crippen LogP contribution in [0.15, 0.2) is 18.2 Å². The molecule has 1 aromatic carbocycles. The summed E-state index contributed by atoms with van der Waals surface area (Å²) in [7, 11) is 0. The quantitative estimate of drug-likeness (QED) is 0.571. The Kier molecular flexibility index (Phi) is 2.05. The summed E-state index contributed by atoms with van der Waals surface area (Å²) in [4.78, 5) is 11.3. The molecule has 66 valence electrons. The second-order valence-corrected chi connectivity index (χ2v) is 3.16. The van der Waals surface area contributed by atoms with Crippen molar-refractivity contribution in [1.82, 2.24) is 0 Å². The van der Waals surface area contributed by atoms with E-state index < -0.39 is 0 Å². The van der Waals surface area contributed by atoms with Gasteiger partial charge in [-0.25, -0.2) is 0 Å². The molecule has 0 unspecified atom stereocenters. The Morgan fingerprint density at radius 1 is 1.29 bits per heavy atom. The highest BCUT2D eigenvalue weighted by atomic mass is 16.1. The van der Waals surface area contributed by atoms with Gasteiger partial charge in [-0.2, -0.15) is 5.26 Å². The normalized spacial score (nSPS) is 12.6. The molecule has 0 aromatic heterocycles. The lowest BCUT2D eigenvalue weighted by molar-refractivity contribution is 0.0994. The molecule has 0 spiro atoms. The first-order chi connectivity index (χ1) is 6.81. The molecule has 14 heavy (non-hydrogen) atoms. The van der Waals surface area contributed by atoms with E-state index in [0.29, 0.717) is 6.42 Å². The zero-order valence-electron chi connectivity index (χ0n) is 7.50. The lowest BCUT2D eigenvalue weighted by Crippen LogP contribution is -1.90. The average Bonchev–Trinajstić information content (AvgIpc) is 2.57. The summed E-state index contributed by atoms with van der Waals surface area (Å²) in [5.74, 6) is 5.26. The molecular weight excluding hydrogens is 174 g/mol. The van der Waals surface area contributed by atoms with Crippen molar-refractivity contribution < 1.29 is 4.79 Å². The molecule has 1 aliphatic rings. The van der Waals surface area contributed by atoms with Gasteiger partial charge < -0.3 is 0 Å². The Morgan fingerprint density at radius 2 is 2.14 bits per heavy atom. The van der Waals surface area contributed by atoms with Gasteiger partial charge in [-0.3, -0.25) is 4.79 Å². The fourth-order valence-electron chi connectivity index (χ4n) is 1.63. The third-order valence-electron chi connectivity index (χ3n) is 2.29. The van der Waals surface area contributed by atoms with E-state index in [1.807, 2.05) is 6.07 Å². The summed E-state index contributed by atoms with van der Waals surface area (Å²) >= 11 is 0. The molecule has 1 aliphatic carbocycles. The van der Waals surface area contributed by atoms with Gasteiger partial charge in [0.15, 0.2) is 11.9 Å². The molecule has 0 atom stereocenters. The van der Waals surface area contributed by atoms with Crippen molar-refractivity contribution in [3.05, 3.63) is 34.9 Å². The lowest BCUT2D eigenvalue weighted by atomic mass is 10.1. The first-order valence-corrected chi connectivity index (χ1v) is 4.37. The summed E-state index contributed by atoms with van der Waals surface area (Å²) < 4.78 is 0. The number of hydrogen-bond acceptors (Lipinski definition) is 2. The first kappa shape index (κ1) is 8.53. The minimum absolute atomic E-state index is 0.208. The van der Waals surface area contributed by atoms with Crippen LogP contribution in [0.1, 0.15) is 27.9 Å². The highest BCUT2D eigenvalue weighted by Crippen LogP contribution is 2.22.